The highest BCUT2D eigenvalue weighted by atomic mass is 16.1. The first-order chi connectivity index (χ1) is 7.60. The Kier molecular flexibility index (Phi) is 4.01. The Morgan fingerprint density at radius 1 is 1.56 bits per heavy atom. The highest BCUT2D eigenvalue weighted by molar-refractivity contribution is 5.97. The number of aromatic amines is 1. The lowest BCUT2D eigenvalue weighted by atomic mass is 10.0. The molecule has 0 spiro atoms. The van der Waals surface area contributed by atoms with E-state index in [2.05, 4.69) is 4.98 Å². The molecule has 1 aromatic rings. The summed E-state index contributed by atoms with van der Waals surface area (Å²) in [6.45, 7) is 3.68. The van der Waals surface area contributed by atoms with Gasteiger partial charge in [-0.25, -0.2) is 0 Å². The molecule has 0 unspecified atom stereocenters. The number of hydrogen-bond acceptors (Lipinski definition) is 3. The monoisotopic (exact) mass is 218 g/mol. The van der Waals surface area contributed by atoms with Gasteiger partial charge in [0.25, 0.3) is 5.56 Å². The highest BCUT2D eigenvalue weighted by Crippen LogP contribution is 2.10. The number of nitrogens with zero attached hydrogens (tertiary/aromatic N) is 1. The molecule has 0 aliphatic heterocycles. The Hall–Kier alpha value is -1.89. The molecule has 0 aliphatic carbocycles. The number of rotatable bonds is 4. The lowest BCUT2D eigenvalue weighted by Crippen LogP contribution is -2.15. The minimum Gasteiger partial charge on any atom is -0.325 e. The fraction of sp³-hybridized carbons (Fsp3) is 0.417. The molecule has 0 radical (unpaired) electrons. The summed E-state index contributed by atoms with van der Waals surface area (Å²) >= 11 is 0. The number of unbranched alkanes of at least 4 members (excludes halogenated alkanes) is 1. The molecule has 1 heterocycles. The number of aryl methyl sites for hydroxylation is 1. The van der Waals surface area contributed by atoms with Crippen LogP contribution in [0.25, 0.3) is 0 Å². The number of nitriles is 1. The van der Waals surface area contributed by atoms with Crippen LogP contribution >= 0.6 is 0 Å². The summed E-state index contributed by atoms with van der Waals surface area (Å²) in [6.07, 6.45) is 2.22. The number of carbonyl (C=O) groups excluding carboxylic acids is 1. The van der Waals surface area contributed by atoms with Gasteiger partial charge in [-0.05, 0) is 19.4 Å². The lowest BCUT2D eigenvalue weighted by molar-refractivity contribution is 0.0978. The van der Waals surface area contributed by atoms with Crippen molar-refractivity contribution >= 4 is 5.78 Å². The lowest BCUT2D eigenvalue weighted by Gasteiger charge is -2.04. The first-order valence-corrected chi connectivity index (χ1v) is 5.27. The van der Waals surface area contributed by atoms with E-state index in [4.69, 9.17) is 5.26 Å². The van der Waals surface area contributed by atoms with Gasteiger partial charge in [-0.3, -0.25) is 9.59 Å². The third kappa shape index (κ3) is 2.57. The Balaban J connectivity index is 3.10. The molecule has 1 N–H and O–H groups in total. The van der Waals surface area contributed by atoms with Gasteiger partial charge in [0.1, 0.15) is 11.6 Å². The fourth-order valence-corrected chi connectivity index (χ4v) is 1.47. The molecule has 16 heavy (non-hydrogen) atoms. The minimum absolute atomic E-state index is 0.00884. The number of ketones is 1. The number of pyridine rings is 1. The van der Waals surface area contributed by atoms with Crippen LogP contribution in [0.3, 0.4) is 0 Å². The quantitative estimate of drug-likeness (QED) is 0.784. The molecule has 4 heteroatoms. The number of hydrogen-bond donors (Lipinski definition) is 1. The number of carbonyl (C=O) groups is 1. The average Bonchev–Trinajstić information content (AvgIpc) is 2.26. The normalized spacial score (nSPS) is 9.81. The highest BCUT2D eigenvalue weighted by Gasteiger charge is 2.12. The largest absolute Gasteiger partial charge is 0.325 e. The van der Waals surface area contributed by atoms with Gasteiger partial charge in [-0.2, -0.15) is 5.26 Å². The molecular formula is C12H14N2O2. The number of H-pyrrole nitrogens is 1. The van der Waals surface area contributed by atoms with Crippen molar-refractivity contribution in [2.24, 2.45) is 0 Å². The summed E-state index contributed by atoms with van der Waals surface area (Å²) < 4.78 is 0. The molecule has 0 bridgehead atoms. The van der Waals surface area contributed by atoms with E-state index >= 15 is 0 Å². The van der Waals surface area contributed by atoms with Crippen LogP contribution in [0.4, 0.5) is 0 Å². The van der Waals surface area contributed by atoms with E-state index in [-0.39, 0.29) is 11.3 Å². The molecule has 4 nitrogen and oxygen atoms in total. The maximum Gasteiger partial charge on any atom is 0.266 e. The van der Waals surface area contributed by atoms with E-state index < -0.39 is 5.56 Å². The summed E-state index contributed by atoms with van der Waals surface area (Å²) in [7, 11) is 0. The zero-order chi connectivity index (χ0) is 12.1. The zero-order valence-corrected chi connectivity index (χ0v) is 9.46. The SMILES string of the molecule is CCCCC(=O)c1cc(C#N)c(=O)[nH]c1C. The Bertz CT molecular complexity index is 495. The van der Waals surface area contributed by atoms with Crippen LogP contribution in [0, 0.1) is 18.3 Å². The first kappa shape index (κ1) is 12.2. The van der Waals surface area contributed by atoms with Gasteiger partial charge in [-0.15, -0.1) is 0 Å². The Morgan fingerprint density at radius 2 is 2.25 bits per heavy atom. The topological polar surface area (TPSA) is 73.7 Å². The number of Topliss-reactive ketones (excluding diaryl/α,β-unsaturated/α-hetero) is 1. The minimum atomic E-state index is -0.438. The van der Waals surface area contributed by atoms with Crippen molar-refractivity contribution in [3.05, 3.63) is 33.2 Å². The number of aromatic nitrogens is 1. The van der Waals surface area contributed by atoms with Crippen LogP contribution in [0.5, 0.6) is 0 Å². The Labute approximate surface area is 93.9 Å². The Morgan fingerprint density at radius 3 is 2.81 bits per heavy atom. The maximum absolute atomic E-state index is 11.8. The fourth-order valence-electron chi connectivity index (χ4n) is 1.47. The van der Waals surface area contributed by atoms with Crippen LogP contribution in [0.1, 0.15) is 47.8 Å². The van der Waals surface area contributed by atoms with E-state index in [9.17, 15) is 9.59 Å². The molecule has 1 rings (SSSR count). The van der Waals surface area contributed by atoms with Gasteiger partial charge in [0.05, 0.1) is 0 Å². The molecule has 0 aliphatic rings. The maximum atomic E-state index is 11.8. The third-order valence-electron chi connectivity index (χ3n) is 2.42. The summed E-state index contributed by atoms with van der Waals surface area (Å²) in [5.74, 6) is -0.0212. The molecule has 0 saturated heterocycles. The zero-order valence-electron chi connectivity index (χ0n) is 9.46. The van der Waals surface area contributed by atoms with Crippen molar-refractivity contribution in [3.8, 4) is 6.07 Å². The summed E-state index contributed by atoms with van der Waals surface area (Å²) in [4.78, 5) is 25.6. The first-order valence-electron chi connectivity index (χ1n) is 5.27. The van der Waals surface area contributed by atoms with E-state index in [0.29, 0.717) is 17.7 Å². The van der Waals surface area contributed by atoms with Gasteiger partial charge in [-0.1, -0.05) is 13.3 Å². The molecular weight excluding hydrogens is 204 g/mol. The van der Waals surface area contributed by atoms with Crippen LogP contribution in [0.2, 0.25) is 0 Å². The molecule has 84 valence electrons. The molecule has 0 atom stereocenters. The molecule has 0 saturated carbocycles. The van der Waals surface area contributed by atoms with Crippen molar-refractivity contribution in [1.29, 1.82) is 5.26 Å². The van der Waals surface area contributed by atoms with E-state index in [1.165, 1.54) is 6.07 Å². The summed E-state index contributed by atoms with van der Waals surface area (Å²) in [6, 6.07) is 3.16. The standard InChI is InChI=1S/C12H14N2O2/c1-3-4-5-11(15)10-6-9(7-13)12(16)14-8(10)2/h6H,3-5H2,1-2H3,(H,14,16). The van der Waals surface area contributed by atoms with Gasteiger partial charge in [0, 0.05) is 17.7 Å². The van der Waals surface area contributed by atoms with Crippen LogP contribution in [-0.4, -0.2) is 10.8 Å². The summed E-state index contributed by atoms with van der Waals surface area (Å²) in [5.41, 5.74) is 0.534. The second-order valence-corrected chi connectivity index (χ2v) is 3.69. The molecule has 0 fully saturated rings. The van der Waals surface area contributed by atoms with Crippen LogP contribution in [-0.2, 0) is 0 Å². The predicted octanol–water partition coefficient (Wildman–Crippen LogP) is 1.93. The molecule has 0 aromatic carbocycles. The smallest absolute Gasteiger partial charge is 0.266 e. The van der Waals surface area contributed by atoms with Gasteiger partial charge in [0.15, 0.2) is 5.78 Å². The van der Waals surface area contributed by atoms with Crippen molar-refractivity contribution in [2.75, 3.05) is 0 Å². The van der Waals surface area contributed by atoms with Crippen LogP contribution in [0.15, 0.2) is 10.9 Å². The number of nitrogens with one attached hydrogen (secondary N) is 1. The van der Waals surface area contributed by atoms with Crippen LogP contribution < -0.4 is 5.56 Å². The van der Waals surface area contributed by atoms with Crippen molar-refractivity contribution in [2.45, 2.75) is 33.1 Å². The van der Waals surface area contributed by atoms with E-state index in [0.717, 1.165) is 12.8 Å². The van der Waals surface area contributed by atoms with Crippen molar-refractivity contribution in [1.82, 2.24) is 4.98 Å². The average molecular weight is 218 g/mol. The van der Waals surface area contributed by atoms with E-state index in [1.54, 1.807) is 13.0 Å². The van der Waals surface area contributed by atoms with Gasteiger partial charge >= 0.3 is 0 Å². The predicted molar refractivity (Wildman–Crippen MR) is 60.4 cm³/mol. The van der Waals surface area contributed by atoms with Gasteiger partial charge < -0.3 is 4.98 Å². The van der Waals surface area contributed by atoms with Crippen molar-refractivity contribution < 1.29 is 4.79 Å². The molecule has 0 amide bonds. The second-order valence-electron chi connectivity index (χ2n) is 3.69. The third-order valence-corrected chi connectivity index (χ3v) is 2.42. The van der Waals surface area contributed by atoms with E-state index in [1.807, 2.05) is 6.92 Å². The summed E-state index contributed by atoms with van der Waals surface area (Å²) in [5, 5.41) is 8.71. The van der Waals surface area contributed by atoms with Gasteiger partial charge in [0.2, 0.25) is 0 Å². The molecule has 1 aromatic heterocycles. The van der Waals surface area contributed by atoms with Crippen molar-refractivity contribution in [3.63, 3.8) is 0 Å². The second kappa shape index (κ2) is 5.26.